The molecule has 0 saturated carbocycles. The number of aryl methyl sites for hydroxylation is 1. The summed E-state index contributed by atoms with van der Waals surface area (Å²) in [5, 5.41) is 9.36. The Balaban J connectivity index is 0.00000364. The van der Waals surface area contributed by atoms with Gasteiger partial charge in [-0.2, -0.15) is 0 Å². The van der Waals surface area contributed by atoms with E-state index in [1.807, 2.05) is 30.3 Å². The summed E-state index contributed by atoms with van der Waals surface area (Å²) in [6.45, 7) is 2.81. The average Bonchev–Trinajstić information content (AvgIpc) is 2.70. The Labute approximate surface area is 179 Å². The smallest absolute Gasteiger partial charge is 0.251 e. The maximum atomic E-state index is 11.6. The van der Waals surface area contributed by atoms with Crippen molar-refractivity contribution in [1.82, 2.24) is 16.0 Å². The van der Waals surface area contributed by atoms with E-state index in [2.05, 4.69) is 52.1 Å². The van der Waals surface area contributed by atoms with E-state index in [4.69, 9.17) is 0 Å². The van der Waals surface area contributed by atoms with E-state index in [-0.39, 0.29) is 29.9 Å². The highest BCUT2D eigenvalue weighted by molar-refractivity contribution is 14.0. The van der Waals surface area contributed by atoms with E-state index in [0.717, 1.165) is 24.4 Å². The zero-order valence-corrected chi connectivity index (χ0v) is 18.5. The maximum absolute atomic E-state index is 11.6. The number of nitrogens with one attached hydrogen (secondary N) is 3. The van der Waals surface area contributed by atoms with Crippen molar-refractivity contribution >= 4 is 35.8 Å². The molecule has 0 spiro atoms. The molecule has 0 radical (unpaired) electrons. The van der Waals surface area contributed by atoms with Crippen LogP contribution in [0, 0.1) is 0 Å². The molecule has 6 heteroatoms. The molecule has 0 aliphatic carbocycles. The summed E-state index contributed by atoms with van der Waals surface area (Å²) in [4.78, 5) is 15.9. The van der Waals surface area contributed by atoms with Gasteiger partial charge in [0.05, 0.1) is 0 Å². The summed E-state index contributed by atoms with van der Waals surface area (Å²) in [5.74, 6) is 0.704. The third kappa shape index (κ3) is 7.99. The summed E-state index contributed by atoms with van der Waals surface area (Å²) in [5.41, 5.74) is 3.10. The minimum Gasteiger partial charge on any atom is -0.355 e. The van der Waals surface area contributed by atoms with Gasteiger partial charge in [0.1, 0.15) is 0 Å². The van der Waals surface area contributed by atoms with Gasteiger partial charge in [-0.25, -0.2) is 0 Å². The lowest BCUT2D eigenvalue weighted by Gasteiger charge is -2.18. The van der Waals surface area contributed by atoms with Gasteiger partial charge in [0, 0.05) is 32.2 Å². The third-order valence-electron chi connectivity index (χ3n) is 4.22. The Morgan fingerprint density at radius 3 is 2.30 bits per heavy atom. The molecule has 0 bridgehead atoms. The molecule has 1 unspecified atom stereocenters. The molecule has 0 aliphatic heterocycles. The van der Waals surface area contributed by atoms with E-state index in [0.29, 0.717) is 18.2 Å². The van der Waals surface area contributed by atoms with Gasteiger partial charge in [0.25, 0.3) is 5.91 Å². The Bertz CT molecular complexity index is 717. The van der Waals surface area contributed by atoms with E-state index in [1.54, 1.807) is 14.1 Å². The van der Waals surface area contributed by atoms with Crippen molar-refractivity contribution in [2.24, 2.45) is 4.99 Å². The van der Waals surface area contributed by atoms with Crippen molar-refractivity contribution in [2.75, 3.05) is 14.1 Å². The zero-order valence-electron chi connectivity index (χ0n) is 16.2. The summed E-state index contributed by atoms with van der Waals surface area (Å²) in [7, 11) is 3.40. The van der Waals surface area contributed by atoms with Crippen LogP contribution in [0.5, 0.6) is 0 Å². The number of halogens is 1. The fourth-order valence-corrected chi connectivity index (χ4v) is 2.63. The molecule has 0 aliphatic rings. The number of hydrogen-bond acceptors (Lipinski definition) is 2. The number of rotatable bonds is 7. The molecule has 1 atom stereocenters. The highest BCUT2D eigenvalue weighted by Crippen LogP contribution is 2.06. The molecule has 1 amide bonds. The molecule has 2 aromatic rings. The van der Waals surface area contributed by atoms with Gasteiger partial charge in [-0.15, -0.1) is 24.0 Å². The Morgan fingerprint density at radius 1 is 1.04 bits per heavy atom. The number of aliphatic imine (C=N–C) groups is 1. The largest absolute Gasteiger partial charge is 0.355 e. The fourth-order valence-electron chi connectivity index (χ4n) is 2.63. The maximum Gasteiger partial charge on any atom is 0.251 e. The van der Waals surface area contributed by atoms with Crippen LogP contribution < -0.4 is 16.0 Å². The van der Waals surface area contributed by atoms with Crippen LogP contribution in [-0.2, 0) is 13.0 Å². The molecule has 2 aromatic carbocycles. The van der Waals surface area contributed by atoms with Crippen LogP contribution in [0.3, 0.4) is 0 Å². The van der Waals surface area contributed by atoms with E-state index in [9.17, 15) is 4.79 Å². The highest BCUT2D eigenvalue weighted by Gasteiger charge is 2.06. The van der Waals surface area contributed by atoms with Gasteiger partial charge in [0.15, 0.2) is 5.96 Å². The van der Waals surface area contributed by atoms with Crippen LogP contribution in [0.1, 0.15) is 34.8 Å². The van der Waals surface area contributed by atoms with Gasteiger partial charge >= 0.3 is 0 Å². The van der Waals surface area contributed by atoms with Crippen LogP contribution in [-0.4, -0.2) is 32.0 Å². The Kier molecular flexibility index (Phi) is 10.5. The van der Waals surface area contributed by atoms with Crippen molar-refractivity contribution in [1.29, 1.82) is 0 Å². The summed E-state index contributed by atoms with van der Waals surface area (Å²) in [6.07, 6.45) is 2.07. The lowest BCUT2D eigenvalue weighted by Crippen LogP contribution is -2.42. The molecular formula is C21H29IN4O. The molecule has 0 heterocycles. The van der Waals surface area contributed by atoms with Gasteiger partial charge in [-0.3, -0.25) is 9.79 Å². The Morgan fingerprint density at radius 2 is 1.70 bits per heavy atom. The summed E-state index contributed by atoms with van der Waals surface area (Å²) >= 11 is 0. The SMILES string of the molecule is CN=C(NCc1ccc(C(=O)NC)cc1)NC(C)CCc1ccccc1.I. The van der Waals surface area contributed by atoms with Gasteiger partial charge in [-0.05, 0) is 43.0 Å². The highest BCUT2D eigenvalue weighted by atomic mass is 127. The number of carbonyl (C=O) groups excluding carboxylic acids is 1. The second-order valence-electron chi connectivity index (χ2n) is 6.27. The second kappa shape index (κ2) is 12.3. The molecule has 0 saturated heterocycles. The minimum atomic E-state index is -0.0748. The standard InChI is InChI=1S/C21H28N4O.HI/c1-16(9-10-17-7-5-4-6-8-17)25-21(23-3)24-15-18-11-13-19(14-12-18)20(26)22-2;/h4-8,11-14,16H,9-10,15H2,1-3H3,(H,22,26)(H2,23,24,25);1H. The topological polar surface area (TPSA) is 65.5 Å². The number of guanidine groups is 1. The van der Waals surface area contributed by atoms with Crippen molar-refractivity contribution in [3.8, 4) is 0 Å². The van der Waals surface area contributed by atoms with E-state index in [1.165, 1.54) is 5.56 Å². The van der Waals surface area contributed by atoms with Crippen LogP contribution in [0.25, 0.3) is 0 Å². The predicted octanol–water partition coefficient (Wildman–Crippen LogP) is 3.35. The monoisotopic (exact) mass is 480 g/mol. The zero-order chi connectivity index (χ0) is 18.8. The normalized spacial score (nSPS) is 11.9. The minimum absolute atomic E-state index is 0. The number of benzene rings is 2. The van der Waals surface area contributed by atoms with Crippen molar-refractivity contribution in [3.63, 3.8) is 0 Å². The summed E-state index contributed by atoms with van der Waals surface area (Å²) in [6, 6.07) is 18.4. The molecule has 3 N–H and O–H groups in total. The predicted molar refractivity (Wildman–Crippen MR) is 123 cm³/mol. The molecule has 146 valence electrons. The van der Waals surface area contributed by atoms with Gasteiger partial charge in [0.2, 0.25) is 0 Å². The molecule has 2 rings (SSSR count). The van der Waals surface area contributed by atoms with Crippen molar-refractivity contribution in [2.45, 2.75) is 32.4 Å². The van der Waals surface area contributed by atoms with Crippen LogP contribution >= 0.6 is 24.0 Å². The van der Waals surface area contributed by atoms with E-state index >= 15 is 0 Å². The molecular weight excluding hydrogens is 451 g/mol. The molecule has 0 aromatic heterocycles. The first-order valence-corrected chi connectivity index (χ1v) is 8.94. The molecule has 5 nitrogen and oxygen atoms in total. The lowest BCUT2D eigenvalue weighted by atomic mass is 10.1. The molecule has 0 fully saturated rings. The average molecular weight is 480 g/mol. The number of nitrogens with zero attached hydrogens (tertiary/aromatic N) is 1. The third-order valence-corrected chi connectivity index (χ3v) is 4.22. The number of hydrogen-bond donors (Lipinski definition) is 3. The first-order chi connectivity index (χ1) is 12.6. The first kappa shape index (κ1) is 23.0. The quantitative estimate of drug-likeness (QED) is 0.324. The summed E-state index contributed by atoms with van der Waals surface area (Å²) < 4.78 is 0. The number of carbonyl (C=O) groups is 1. The number of amides is 1. The van der Waals surface area contributed by atoms with Crippen molar-refractivity contribution < 1.29 is 4.79 Å². The van der Waals surface area contributed by atoms with Gasteiger partial charge < -0.3 is 16.0 Å². The fraction of sp³-hybridized carbons (Fsp3) is 0.333. The first-order valence-electron chi connectivity index (χ1n) is 8.94. The molecule has 27 heavy (non-hydrogen) atoms. The lowest BCUT2D eigenvalue weighted by molar-refractivity contribution is 0.0963. The van der Waals surface area contributed by atoms with E-state index < -0.39 is 0 Å². The van der Waals surface area contributed by atoms with Crippen LogP contribution in [0.4, 0.5) is 0 Å². The second-order valence-corrected chi connectivity index (χ2v) is 6.27. The van der Waals surface area contributed by atoms with Crippen LogP contribution in [0.2, 0.25) is 0 Å². The van der Waals surface area contributed by atoms with Gasteiger partial charge in [-0.1, -0.05) is 42.5 Å². The van der Waals surface area contributed by atoms with Crippen molar-refractivity contribution in [3.05, 3.63) is 71.3 Å². The Hall–Kier alpha value is -2.09. The van der Waals surface area contributed by atoms with Crippen LogP contribution in [0.15, 0.2) is 59.6 Å².